The van der Waals surface area contributed by atoms with E-state index in [1.807, 2.05) is 0 Å². The molecule has 1 aromatic carbocycles. The molecule has 0 atom stereocenters. The van der Waals surface area contributed by atoms with E-state index >= 15 is 0 Å². The van der Waals surface area contributed by atoms with Crippen LogP contribution in [0.3, 0.4) is 0 Å². The highest BCUT2D eigenvalue weighted by Crippen LogP contribution is 2.23. The van der Waals surface area contributed by atoms with Gasteiger partial charge >= 0.3 is 5.97 Å². The Morgan fingerprint density at radius 1 is 1.25 bits per heavy atom. The minimum atomic E-state index is -1.17. The molecule has 1 amide bonds. The van der Waals surface area contributed by atoms with Crippen LogP contribution in [-0.2, 0) is 0 Å². The molecule has 0 radical (unpaired) electrons. The number of pyridine rings is 1. The number of nitrogens with one attached hydrogen (secondary N) is 1. The molecule has 0 spiro atoms. The number of H-pyrrole nitrogens is 1. The van der Waals surface area contributed by atoms with Gasteiger partial charge in [0, 0.05) is 11.8 Å². The zero-order valence-electron chi connectivity index (χ0n) is 10.0. The van der Waals surface area contributed by atoms with E-state index in [4.69, 9.17) is 22.4 Å². The second-order valence-corrected chi connectivity index (χ2v) is 4.40. The molecule has 0 bridgehead atoms. The normalized spacial score (nSPS) is 10.2. The average Bonchev–Trinajstić information content (AvgIpc) is 2.39. The van der Waals surface area contributed by atoms with Gasteiger partial charge in [0.05, 0.1) is 16.1 Å². The van der Waals surface area contributed by atoms with E-state index in [0.717, 1.165) is 6.20 Å². The zero-order chi connectivity index (χ0) is 14.9. The van der Waals surface area contributed by atoms with Crippen molar-refractivity contribution >= 4 is 23.5 Å². The third-order valence-corrected chi connectivity index (χ3v) is 3.02. The molecule has 6 nitrogen and oxygen atoms in total. The SMILES string of the molecule is NC(=O)c1cc(-c2cc(C(=O)O)c[nH]c2=O)ccc1Cl. The third-order valence-electron chi connectivity index (χ3n) is 2.69. The summed E-state index contributed by atoms with van der Waals surface area (Å²) in [6.45, 7) is 0. The van der Waals surface area contributed by atoms with Crippen LogP contribution in [0.5, 0.6) is 0 Å². The van der Waals surface area contributed by atoms with Crippen molar-refractivity contribution in [1.29, 1.82) is 0 Å². The number of carboxylic acid groups (broad SMARTS) is 1. The quantitative estimate of drug-likeness (QED) is 0.795. The lowest BCUT2D eigenvalue weighted by Gasteiger charge is -2.05. The van der Waals surface area contributed by atoms with Crippen molar-refractivity contribution in [3.05, 3.63) is 57.0 Å². The fourth-order valence-corrected chi connectivity index (χ4v) is 1.91. The summed E-state index contributed by atoms with van der Waals surface area (Å²) in [4.78, 5) is 36.2. The van der Waals surface area contributed by atoms with Crippen molar-refractivity contribution in [2.75, 3.05) is 0 Å². The van der Waals surface area contributed by atoms with Gasteiger partial charge in [0.1, 0.15) is 0 Å². The Balaban J connectivity index is 2.65. The first-order valence-corrected chi connectivity index (χ1v) is 5.83. The first-order valence-electron chi connectivity index (χ1n) is 5.46. The van der Waals surface area contributed by atoms with Crippen LogP contribution in [0.1, 0.15) is 20.7 Å². The van der Waals surface area contributed by atoms with Gasteiger partial charge in [-0.1, -0.05) is 17.7 Å². The van der Waals surface area contributed by atoms with Gasteiger partial charge in [-0.2, -0.15) is 0 Å². The highest BCUT2D eigenvalue weighted by atomic mass is 35.5. The number of aromatic nitrogens is 1. The van der Waals surface area contributed by atoms with Gasteiger partial charge in [-0.15, -0.1) is 0 Å². The van der Waals surface area contributed by atoms with E-state index in [2.05, 4.69) is 4.98 Å². The molecule has 2 rings (SSSR count). The fraction of sp³-hybridized carbons (Fsp3) is 0. The number of halogens is 1. The number of nitrogens with two attached hydrogens (primary N) is 1. The summed E-state index contributed by atoms with van der Waals surface area (Å²) in [5, 5.41) is 9.08. The van der Waals surface area contributed by atoms with Crippen LogP contribution in [0.15, 0.2) is 35.3 Å². The lowest BCUT2D eigenvalue weighted by Crippen LogP contribution is -2.14. The standard InChI is InChI=1S/C13H9ClN2O4/c14-10-2-1-6(3-9(10)11(15)17)8-4-7(13(19)20)5-16-12(8)18/h1-5H,(H2,15,17)(H,16,18)(H,19,20). The van der Waals surface area contributed by atoms with Crippen LogP contribution < -0.4 is 11.3 Å². The third kappa shape index (κ3) is 2.55. The van der Waals surface area contributed by atoms with E-state index in [9.17, 15) is 14.4 Å². The Kier molecular flexibility index (Phi) is 3.58. The highest BCUT2D eigenvalue weighted by Gasteiger charge is 2.13. The van der Waals surface area contributed by atoms with Crippen LogP contribution in [0.25, 0.3) is 11.1 Å². The van der Waals surface area contributed by atoms with Crippen LogP contribution >= 0.6 is 11.6 Å². The maximum atomic E-state index is 11.8. The Hall–Kier alpha value is -2.60. The average molecular weight is 293 g/mol. The molecule has 0 aliphatic heterocycles. The van der Waals surface area contributed by atoms with E-state index < -0.39 is 17.4 Å². The summed E-state index contributed by atoms with van der Waals surface area (Å²) in [5.74, 6) is -1.91. The lowest BCUT2D eigenvalue weighted by atomic mass is 10.0. The summed E-state index contributed by atoms with van der Waals surface area (Å²) in [6, 6.07) is 5.49. The van der Waals surface area contributed by atoms with Crippen molar-refractivity contribution in [2.45, 2.75) is 0 Å². The maximum absolute atomic E-state index is 11.8. The predicted octanol–water partition coefficient (Wildman–Crippen LogP) is 1.49. The van der Waals surface area contributed by atoms with Crippen molar-refractivity contribution in [3.63, 3.8) is 0 Å². The second kappa shape index (κ2) is 5.18. The molecule has 0 saturated carbocycles. The smallest absolute Gasteiger partial charge is 0.337 e. The summed E-state index contributed by atoms with van der Waals surface area (Å²) in [5.41, 5.74) is 5.15. The number of carbonyl (C=O) groups excluding carboxylic acids is 1. The summed E-state index contributed by atoms with van der Waals surface area (Å²) < 4.78 is 0. The van der Waals surface area contributed by atoms with E-state index in [0.29, 0.717) is 5.56 Å². The van der Waals surface area contributed by atoms with Gasteiger partial charge in [-0.05, 0) is 23.8 Å². The molecular formula is C13H9ClN2O4. The van der Waals surface area contributed by atoms with Crippen LogP contribution in [0.2, 0.25) is 5.02 Å². The van der Waals surface area contributed by atoms with Gasteiger partial charge in [-0.3, -0.25) is 9.59 Å². The predicted molar refractivity (Wildman–Crippen MR) is 73.0 cm³/mol. The molecule has 102 valence electrons. The molecule has 0 unspecified atom stereocenters. The number of primary amides is 1. The number of hydrogen-bond acceptors (Lipinski definition) is 3. The molecule has 7 heteroatoms. The number of carboxylic acids is 1. The number of rotatable bonds is 3. The van der Waals surface area contributed by atoms with Gasteiger partial charge < -0.3 is 15.8 Å². The van der Waals surface area contributed by atoms with Crippen molar-refractivity contribution in [3.8, 4) is 11.1 Å². The van der Waals surface area contributed by atoms with Gasteiger partial charge in [0.25, 0.3) is 5.56 Å². The van der Waals surface area contributed by atoms with Gasteiger partial charge in [-0.25, -0.2) is 4.79 Å². The summed E-state index contributed by atoms with van der Waals surface area (Å²) in [7, 11) is 0. The topological polar surface area (TPSA) is 113 Å². The molecule has 20 heavy (non-hydrogen) atoms. The Bertz CT molecular complexity index is 767. The van der Waals surface area contributed by atoms with Crippen LogP contribution in [0, 0.1) is 0 Å². The Labute approximate surface area is 117 Å². The molecule has 0 aliphatic rings. The molecule has 0 fully saturated rings. The first-order chi connectivity index (χ1) is 9.40. The molecule has 2 aromatic rings. The van der Waals surface area contributed by atoms with Gasteiger partial charge in [0.15, 0.2) is 0 Å². The second-order valence-electron chi connectivity index (χ2n) is 4.00. The number of hydrogen-bond donors (Lipinski definition) is 3. The number of aromatic carboxylic acids is 1. The van der Waals surface area contributed by atoms with E-state index in [1.54, 1.807) is 0 Å². The Morgan fingerprint density at radius 2 is 1.95 bits per heavy atom. The molecule has 4 N–H and O–H groups in total. The first kappa shape index (κ1) is 13.8. The van der Waals surface area contributed by atoms with Crippen molar-refractivity contribution < 1.29 is 14.7 Å². The largest absolute Gasteiger partial charge is 0.478 e. The maximum Gasteiger partial charge on any atom is 0.337 e. The molecule has 0 aliphatic carbocycles. The molecule has 1 aromatic heterocycles. The van der Waals surface area contributed by atoms with Crippen molar-refractivity contribution in [2.24, 2.45) is 5.73 Å². The number of benzene rings is 1. The minimum absolute atomic E-state index is 0.0595. The Morgan fingerprint density at radius 3 is 2.55 bits per heavy atom. The van der Waals surface area contributed by atoms with Crippen LogP contribution in [-0.4, -0.2) is 22.0 Å². The molecule has 0 saturated heterocycles. The number of amides is 1. The lowest BCUT2D eigenvalue weighted by molar-refractivity contribution is 0.0696. The minimum Gasteiger partial charge on any atom is -0.478 e. The zero-order valence-corrected chi connectivity index (χ0v) is 10.8. The van der Waals surface area contributed by atoms with Crippen LogP contribution in [0.4, 0.5) is 0 Å². The summed E-state index contributed by atoms with van der Waals surface area (Å²) >= 11 is 5.82. The summed E-state index contributed by atoms with van der Waals surface area (Å²) in [6.07, 6.45) is 1.10. The van der Waals surface area contributed by atoms with Crippen molar-refractivity contribution in [1.82, 2.24) is 4.98 Å². The molecule has 1 heterocycles. The number of carbonyl (C=O) groups is 2. The van der Waals surface area contributed by atoms with E-state index in [-0.39, 0.29) is 21.7 Å². The monoisotopic (exact) mass is 292 g/mol. The number of aromatic amines is 1. The fourth-order valence-electron chi connectivity index (χ4n) is 1.70. The molecular weight excluding hydrogens is 284 g/mol. The van der Waals surface area contributed by atoms with Gasteiger partial charge in [0.2, 0.25) is 5.91 Å². The highest BCUT2D eigenvalue weighted by molar-refractivity contribution is 6.33. The van der Waals surface area contributed by atoms with E-state index in [1.165, 1.54) is 24.3 Å².